The van der Waals surface area contributed by atoms with E-state index in [0.29, 0.717) is 18.2 Å². The maximum absolute atomic E-state index is 5.02. The third-order valence-corrected chi connectivity index (χ3v) is 11.0. The molecule has 9 aromatic rings. The summed E-state index contributed by atoms with van der Waals surface area (Å²) in [6.07, 6.45) is 0.896. The zero-order valence-corrected chi connectivity index (χ0v) is 31.4. The third kappa shape index (κ3) is 6.47. The quantitative estimate of drug-likeness (QED) is 0.116. The lowest BCUT2D eigenvalue weighted by Gasteiger charge is -2.09. The Morgan fingerprint density at radius 3 is 1.72 bits per heavy atom. The maximum atomic E-state index is 5.02. The predicted octanol–water partition coefficient (Wildman–Crippen LogP) is 12.8. The maximum Gasteiger partial charge on any atom is 0.161 e. The highest BCUT2D eigenvalue weighted by Gasteiger charge is 2.20. The SMILES string of the molecule is C=N/C(=N\C(=N/Cc1ccc2c(c1)Cc1cc(-c3ccc(-c4ccc5c(c4)c4ccccc4n5-c4ccccc4)cc3)ccc1-2)c1ccccc1)c1ccccc1. The van der Waals surface area contributed by atoms with Crippen LogP contribution in [0.5, 0.6) is 0 Å². The number of aromatic nitrogens is 1. The van der Waals surface area contributed by atoms with E-state index in [9.17, 15) is 0 Å². The van der Waals surface area contributed by atoms with Gasteiger partial charge in [-0.2, -0.15) is 0 Å². The molecule has 0 radical (unpaired) electrons. The molecular weight excluding hydrogens is 693 g/mol. The van der Waals surface area contributed by atoms with Crippen LogP contribution in [0.15, 0.2) is 209 Å². The van der Waals surface area contributed by atoms with Crippen LogP contribution in [0, 0.1) is 0 Å². The molecule has 1 heterocycles. The molecule has 0 atom stereocenters. The molecule has 57 heavy (non-hydrogen) atoms. The van der Waals surface area contributed by atoms with E-state index in [-0.39, 0.29) is 0 Å². The van der Waals surface area contributed by atoms with Gasteiger partial charge in [-0.05, 0) is 93.5 Å². The van der Waals surface area contributed by atoms with E-state index in [2.05, 4.69) is 150 Å². The van der Waals surface area contributed by atoms with E-state index in [1.54, 1.807) is 0 Å². The van der Waals surface area contributed by atoms with Gasteiger partial charge in [0.05, 0.1) is 17.6 Å². The molecule has 10 rings (SSSR count). The lowest BCUT2D eigenvalue weighted by Crippen LogP contribution is -2.05. The number of benzene rings is 8. The van der Waals surface area contributed by atoms with E-state index in [1.165, 1.54) is 72.0 Å². The number of nitrogens with zero attached hydrogens (tertiary/aromatic N) is 4. The van der Waals surface area contributed by atoms with Gasteiger partial charge < -0.3 is 4.57 Å². The summed E-state index contributed by atoms with van der Waals surface area (Å²) >= 11 is 0. The van der Waals surface area contributed by atoms with Crippen molar-refractivity contribution >= 4 is 40.2 Å². The number of hydrogen-bond donors (Lipinski definition) is 0. The Kier molecular flexibility index (Phi) is 8.77. The summed E-state index contributed by atoms with van der Waals surface area (Å²) in [6, 6.07) is 68.8. The van der Waals surface area contributed by atoms with Gasteiger partial charge in [0.2, 0.25) is 0 Å². The van der Waals surface area contributed by atoms with Crippen LogP contribution in [0.25, 0.3) is 60.9 Å². The van der Waals surface area contributed by atoms with Gasteiger partial charge in [0, 0.05) is 27.6 Å². The summed E-state index contributed by atoms with van der Waals surface area (Å²) in [5.41, 5.74) is 16.8. The van der Waals surface area contributed by atoms with Crippen molar-refractivity contribution in [2.75, 3.05) is 0 Å². The first-order valence-corrected chi connectivity index (χ1v) is 19.4. The molecule has 1 aromatic heterocycles. The van der Waals surface area contributed by atoms with Gasteiger partial charge >= 0.3 is 0 Å². The molecule has 0 saturated heterocycles. The van der Waals surface area contributed by atoms with Crippen LogP contribution in [0.1, 0.15) is 27.8 Å². The van der Waals surface area contributed by atoms with Crippen LogP contribution in [0.3, 0.4) is 0 Å². The molecule has 0 saturated carbocycles. The number of hydrogen-bond acceptors (Lipinski definition) is 1. The van der Waals surface area contributed by atoms with Crippen molar-refractivity contribution in [1.29, 1.82) is 0 Å². The summed E-state index contributed by atoms with van der Waals surface area (Å²) in [7, 11) is 0. The van der Waals surface area contributed by atoms with Gasteiger partial charge in [-0.25, -0.2) is 9.98 Å². The van der Waals surface area contributed by atoms with Crippen molar-refractivity contribution in [3.63, 3.8) is 0 Å². The number of amidine groups is 2. The number of fused-ring (bicyclic) bond motifs is 6. The molecule has 1 aliphatic rings. The van der Waals surface area contributed by atoms with Crippen molar-refractivity contribution in [2.45, 2.75) is 13.0 Å². The van der Waals surface area contributed by atoms with E-state index in [1.807, 2.05) is 60.7 Å². The van der Waals surface area contributed by atoms with Gasteiger partial charge in [0.15, 0.2) is 11.7 Å². The Bertz CT molecular complexity index is 2990. The Hall–Kier alpha value is -7.43. The largest absolute Gasteiger partial charge is 0.309 e. The zero-order chi connectivity index (χ0) is 38.1. The first-order valence-electron chi connectivity index (χ1n) is 19.4. The van der Waals surface area contributed by atoms with Crippen molar-refractivity contribution in [3.05, 3.63) is 222 Å². The van der Waals surface area contributed by atoms with Gasteiger partial charge in [0.25, 0.3) is 0 Å². The molecule has 0 spiro atoms. The van der Waals surface area contributed by atoms with Crippen LogP contribution in [-0.2, 0) is 13.0 Å². The fraction of sp³-hybridized carbons (Fsp3) is 0.0377. The fourth-order valence-corrected chi connectivity index (χ4v) is 8.23. The van der Waals surface area contributed by atoms with Crippen LogP contribution >= 0.6 is 0 Å². The molecule has 4 nitrogen and oxygen atoms in total. The van der Waals surface area contributed by atoms with Crippen molar-refractivity contribution in [2.24, 2.45) is 15.0 Å². The molecule has 0 bridgehead atoms. The van der Waals surface area contributed by atoms with E-state index >= 15 is 0 Å². The summed E-state index contributed by atoms with van der Waals surface area (Å²) in [4.78, 5) is 14.1. The number of aliphatic imine (C=N–C) groups is 3. The average Bonchev–Trinajstić information content (AvgIpc) is 3.82. The zero-order valence-electron chi connectivity index (χ0n) is 31.4. The Morgan fingerprint density at radius 2 is 1.02 bits per heavy atom. The molecule has 0 amide bonds. The second-order valence-electron chi connectivity index (χ2n) is 14.5. The van der Waals surface area contributed by atoms with Crippen LogP contribution in [0.4, 0.5) is 0 Å². The fourth-order valence-electron chi connectivity index (χ4n) is 8.23. The highest BCUT2D eigenvalue weighted by Crippen LogP contribution is 2.40. The van der Waals surface area contributed by atoms with Crippen molar-refractivity contribution < 1.29 is 0 Å². The Labute approximate surface area is 332 Å². The Balaban J connectivity index is 0.898. The smallest absolute Gasteiger partial charge is 0.161 e. The first kappa shape index (κ1) is 34.1. The highest BCUT2D eigenvalue weighted by molar-refractivity contribution is 6.13. The second kappa shape index (κ2) is 14.7. The molecule has 0 unspecified atom stereocenters. The van der Waals surface area contributed by atoms with E-state index in [0.717, 1.165) is 23.1 Å². The highest BCUT2D eigenvalue weighted by atomic mass is 15.0. The topological polar surface area (TPSA) is 42.0 Å². The number of para-hydroxylation sites is 2. The predicted molar refractivity (Wildman–Crippen MR) is 239 cm³/mol. The molecular formula is C53H38N4. The minimum absolute atomic E-state index is 0.510. The normalized spacial score (nSPS) is 12.5. The van der Waals surface area contributed by atoms with Crippen molar-refractivity contribution in [3.8, 4) is 39.1 Å². The summed E-state index contributed by atoms with van der Waals surface area (Å²) in [5.74, 6) is 1.19. The third-order valence-electron chi connectivity index (χ3n) is 11.0. The molecule has 4 heteroatoms. The van der Waals surface area contributed by atoms with E-state index in [4.69, 9.17) is 9.98 Å². The standard InChI is InChI=1S/C53H38N4/c1-54-52(39-13-5-2-6-14-39)56-53(40-15-7-3-8-16-40)55-35-36-21-28-46-43(31-36)33-44-32-41(26-29-47(44)46)37-22-24-38(25-23-37)42-27-30-51-49(34-42)48-19-11-12-20-50(48)57(51)45-17-9-4-10-18-45/h2-32,34H,1,33,35H2/b55-53-,56-52-. The molecule has 1 aliphatic carbocycles. The summed E-state index contributed by atoms with van der Waals surface area (Å²) < 4.78 is 2.36. The minimum atomic E-state index is 0.510. The average molecular weight is 731 g/mol. The number of rotatable bonds is 7. The summed E-state index contributed by atoms with van der Waals surface area (Å²) in [5, 5.41) is 2.52. The first-order chi connectivity index (χ1) is 28.2. The lowest BCUT2D eigenvalue weighted by atomic mass is 9.96. The Morgan fingerprint density at radius 1 is 0.474 bits per heavy atom. The van der Waals surface area contributed by atoms with E-state index < -0.39 is 0 Å². The molecule has 270 valence electrons. The van der Waals surface area contributed by atoms with Gasteiger partial charge in [-0.15, -0.1) is 0 Å². The van der Waals surface area contributed by atoms with Crippen molar-refractivity contribution in [1.82, 2.24) is 4.57 Å². The monoisotopic (exact) mass is 730 g/mol. The van der Waals surface area contributed by atoms with Gasteiger partial charge in [-0.3, -0.25) is 4.99 Å². The minimum Gasteiger partial charge on any atom is -0.309 e. The van der Waals surface area contributed by atoms with Crippen LogP contribution in [0.2, 0.25) is 0 Å². The lowest BCUT2D eigenvalue weighted by molar-refractivity contribution is 1.05. The van der Waals surface area contributed by atoms with Crippen LogP contribution < -0.4 is 0 Å². The molecule has 8 aromatic carbocycles. The van der Waals surface area contributed by atoms with Gasteiger partial charge in [0.1, 0.15) is 0 Å². The molecule has 0 N–H and O–H groups in total. The van der Waals surface area contributed by atoms with Gasteiger partial charge in [-0.1, -0.05) is 164 Å². The second-order valence-corrected chi connectivity index (χ2v) is 14.5. The molecule has 0 fully saturated rings. The molecule has 0 aliphatic heterocycles. The van der Waals surface area contributed by atoms with Crippen LogP contribution in [-0.4, -0.2) is 23.0 Å². The summed E-state index contributed by atoms with van der Waals surface area (Å²) in [6.45, 7) is 4.30.